The number of hydrogen-bond donors (Lipinski definition) is 0. The highest BCUT2D eigenvalue weighted by atomic mass is 19.4. The molecule has 1 aromatic carbocycles. The van der Waals surface area contributed by atoms with Crippen molar-refractivity contribution in [3.05, 3.63) is 59.9 Å². The number of aromatic nitrogens is 1. The molecule has 2 fully saturated rings. The third-order valence-corrected chi connectivity index (χ3v) is 7.18. The predicted octanol–water partition coefficient (Wildman–Crippen LogP) is 6.64. The van der Waals surface area contributed by atoms with Crippen LogP contribution in [0, 0.1) is 29.6 Å². The molecular weight excluding hydrogens is 415 g/mol. The molecule has 0 amide bonds. The van der Waals surface area contributed by atoms with Crippen LogP contribution in [0.1, 0.15) is 44.9 Å². The standard InChI is InChI=1S/C26H28F3NO2/c1-4-21-15(2)12-23-24(16(3)32-25(23)31)22(21)11-10-20-9-8-18(14-30-20)17-6-5-7-19(13-17)26(27,28)29/h5-11,13-16,21-24H,4,12H2,1-3H3/b11-10+/t15?,16-,21?,22?,23?,24?/m1/s1. The predicted molar refractivity (Wildman–Crippen MR) is 117 cm³/mol. The zero-order chi connectivity index (χ0) is 23.0. The van der Waals surface area contributed by atoms with Gasteiger partial charge in [-0.2, -0.15) is 13.2 Å². The first-order valence-corrected chi connectivity index (χ1v) is 11.2. The minimum Gasteiger partial charge on any atom is -0.462 e. The van der Waals surface area contributed by atoms with Crippen LogP contribution in [0.15, 0.2) is 48.7 Å². The van der Waals surface area contributed by atoms with Crippen molar-refractivity contribution < 1.29 is 22.7 Å². The highest BCUT2D eigenvalue weighted by molar-refractivity contribution is 5.75. The van der Waals surface area contributed by atoms with Crippen LogP contribution in [0.4, 0.5) is 13.2 Å². The average Bonchev–Trinajstić information content (AvgIpc) is 3.04. The second-order valence-corrected chi connectivity index (χ2v) is 9.10. The van der Waals surface area contributed by atoms with E-state index in [-0.39, 0.29) is 29.8 Å². The monoisotopic (exact) mass is 443 g/mol. The lowest BCUT2D eigenvalue weighted by molar-refractivity contribution is -0.144. The number of halogens is 3. The molecule has 1 saturated carbocycles. The van der Waals surface area contributed by atoms with Gasteiger partial charge in [0.1, 0.15) is 6.10 Å². The second kappa shape index (κ2) is 8.72. The lowest BCUT2D eigenvalue weighted by atomic mass is 9.61. The van der Waals surface area contributed by atoms with Crippen molar-refractivity contribution in [3.63, 3.8) is 0 Å². The number of allylic oxidation sites excluding steroid dienone is 1. The van der Waals surface area contributed by atoms with Gasteiger partial charge in [-0.1, -0.05) is 44.5 Å². The maximum atomic E-state index is 13.0. The number of alkyl halides is 3. The van der Waals surface area contributed by atoms with E-state index in [0.29, 0.717) is 23.0 Å². The van der Waals surface area contributed by atoms with Gasteiger partial charge in [0.2, 0.25) is 0 Å². The molecule has 0 N–H and O–H groups in total. The van der Waals surface area contributed by atoms with Crippen LogP contribution >= 0.6 is 0 Å². The highest BCUT2D eigenvalue weighted by Crippen LogP contribution is 2.50. The van der Waals surface area contributed by atoms with Gasteiger partial charge in [-0.3, -0.25) is 9.78 Å². The van der Waals surface area contributed by atoms with Gasteiger partial charge in [-0.05, 0) is 60.9 Å². The Bertz CT molecular complexity index is 999. The van der Waals surface area contributed by atoms with Crippen LogP contribution in [-0.2, 0) is 15.7 Å². The molecule has 2 aliphatic rings. The first-order valence-electron chi connectivity index (χ1n) is 11.2. The molecule has 5 unspecified atom stereocenters. The fraction of sp³-hybridized carbons (Fsp3) is 0.462. The second-order valence-electron chi connectivity index (χ2n) is 9.10. The quantitative estimate of drug-likeness (QED) is 0.497. The van der Waals surface area contributed by atoms with Gasteiger partial charge in [0.05, 0.1) is 17.2 Å². The Kier molecular flexibility index (Phi) is 6.15. The van der Waals surface area contributed by atoms with Crippen LogP contribution in [-0.4, -0.2) is 17.1 Å². The zero-order valence-electron chi connectivity index (χ0n) is 18.5. The minimum absolute atomic E-state index is 0.0475. The molecule has 1 aliphatic heterocycles. The van der Waals surface area contributed by atoms with Gasteiger partial charge in [-0.25, -0.2) is 0 Å². The SMILES string of the molecule is CCC1C(C)CC2C(=O)O[C@H](C)C2C1/C=C/c1ccc(-c2cccc(C(F)(F)F)c2)cn1. The van der Waals surface area contributed by atoms with Crippen LogP contribution < -0.4 is 0 Å². The molecule has 1 aliphatic carbocycles. The number of hydrogen-bond acceptors (Lipinski definition) is 3. The number of cyclic esters (lactones) is 1. The van der Waals surface area contributed by atoms with Crippen molar-refractivity contribution in [2.75, 3.05) is 0 Å². The molecule has 170 valence electrons. The van der Waals surface area contributed by atoms with Gasteiger partial charge >= 0.3 is 12.1 Å². The van der Waals surface area contributed by atoms with E-state index < -0.39 is 11.7 Å². The number of benzene rings is 1. The summed E-state index contributed by atoms with van der Waals surface area (Å²) >= 11 is 0. The summed E-state index contributed by atoms with van der Waals surface area (Å²) in [6.07, 6.45) is 3.16. The van der Waals surface area contributed by atoms with E-state index in [9.17, 15) is 18.0 Å². The first-order chi connectivity index (χ1) is 15.2. The Morgan fingerprint density at radius 2 is 1.94 bits per heavy atom. The lowest BCUT2D eigenvalue weighted by Gasteiger charge is -2.41. The molecule has 4 rings (SSSR count). The maximum Gasteiger partial charge on any atom is 0.416 e. The molecule has 32 heavy (non-hydrogen) atoms. The van der Waals surface area contributed by atoms with Crippen molar-refractivity contribution >= 4 is 12.0 Å². The molecule has 6 atom stereocenters. The van der Waals surface area contributed by atoms with Crippen LogP contribution in [0.3, 0.4) is 0 Å². The summed E-state index contributed by atoms with van der Waals surface area (Å²) in [5.74, 6) is 1.17. The van der Waals surface area contributed by atoms with Gasteiger partial charge < -0.3 is 4.74 Å². The molecule has 1 aromatic heterocycles. The number of nitrogens with zero attached hydrogens (tertiary/aromatic N) is 1. The summed E-state index contributed by atoms with van der Waals surface area (Å²) in [6.45, 7) is 6.38. The Morgan fingerprint density at radius 3 is 2.59 bits per heavy atom. The van der Waals surface area contributed by atoms with Crippen LogP contribution in [0.5, 0.6) is 0 Å². The van der Waals surface area contributed by atoms with Crippen molar-refractivity contribution in [1.82, 2.24) is 4.98 Å². The van der Waals surface area contributed by atoms with E-state index in [2.05, 4.69) is 24.9 Å². The fourth-order valence-corrected chi connectivity index (χ4v) is 5.61. The number of esters is 1. The summed E-state index contributed by atoms with van der Waals surface area (Å²) in [4.78, 5) is 16.8. The molecule has 2 heterocycles. The molecular formula is C26H28F3NO2. The zero-order valence-corrected chi connectivity index (χ0v) is 18.5. The first kappa shape index (κ1) is 22.6. The van der Waals surface area contributed by atoms with Crippen molar-refractivity contribution in [2.24, 2.45) is 29.6 Å². The van der Waals surface area contributed by atoms with E-state index >= 15 is 0 Å². The summed E-state index contributed by atoms with van der Waals surface area (Å²) in [7, 11) is 0. The molecule has 0 radical (unpaired) electrons. The fourth-order valence-electron chi connectivity index (χ4n) is 5.61. The topological polar surface area (TPSA) is 39.2 Å². The molecule has 2 aromatic rings. The van der Waals surface area contributed by atoms with Crippen LogP contribution in [0.2, 0.25) is 0 Å². The number of fused-ring (bicyclic) bond motifs is 1. The van der Waals surface area contributed by atoms with E-state index in [1.54, 1.807) is 18.3 Å². The highest BCUT2D eigenvalue weighted by Gasteiger charge is 2.52. The largest absolute Gasteiger partial charge is 0.462 e. The number of carbonyl (C=O) groups excluding carboxylic acids is 1. The number of ether oxygens (including phenoxy) is 1. The number of pyridine rings is 1. The van der Waals surface area contributed by atoms with Gasteiger partial charge in [-0.15, -0.1) is 0 Å². The van der Waals surface area contributed by atoms with Gasteiger partial charge in [0, 0.05) is 17.7 Å². The van der Waals surface area contributed by atoms with Crippen molar-refractivity contribution in [3.8, 4) is 11.1 Å². The third-order valence-electron chi connectivity index (χ3n) is 7.18. The third kappa shape index (κ3) is 4.32. The molecule has 0 spiro atoms. The molecule has 0 bridgehead atoms. The average molecular weight is 444 g/mol. The van der Waals surface area contributed by atoms with E-state index in [1.807, 2.05) is 19.1 Å². The maximum absolute atomic E-state index is 13.0. The number of rotatable bonds is 4. The Morgan fingerprint density at radius 1 is 1.16 bits per heavy atom. The summed E-state index contributed by atoms with van der Waals surface area (Å²) in [5, 5.41) is 0. The summed E-state index contributed by atoms with van der Waals surface area (Å²) in [6, 6.07) is 8.86. The normalized spacial score (nSPS) is 30.4. The minimum atomic E-state index is -4.38. The Hall–Kier alpha value is -2.63. The smallest absolute Gasteiger partial charge is 0.416 e. The molecule has 6 heteroatoms. The van der Waals surface area contributed by atoms with Gasteiger partial charge in [0.15, 0.2) is 0 Å². The van der Waals surface area contributed by atoms with E-state index in [4.69, 9.17) is 4.74 Å². The van der Waals surface area contributed by atoms with Crippen molar-refractivity contribution in [1.29, 1.82) is 0 Å². The van der Waals surface area contributed by atoms with E-state index in [0.717, 1.165) is 30.7 Å². The van der Waals surface area contributed by atoms with Crippen molar-refractivity contribution in [2.45, 2.75) is 45.9 Å². The van der Waals surface area contributed by atoms with Gasteiger partial charge in [0.25, 0.3) is 0 Å². The summed E-state index contributed by atoms with van der Waals surface area (Å²) in [5.41, 5.74) is 1.18. The lowest BCUT2D eigenvalue weighted by Crippen LogP contribution is -2.40. The number of carbonyl (C=O) groups is 1. The van der Waals surface area contributed by atoms with Crippen LogP contribution in [0.25, 0.3) is 17.2 Å². The molecule has 1 saturated heterocycles. The summed E-state index contributed by atoms with van der Waals surface area (Å²) < 4.78 is 44.6. The Labute approximate surface area is 186 Å². The van der Waals surface area contributed by atoms with E-state index in [1.165, 1.54) is 6.07 Å². The Balaban J connectivity index is 1.56. The molecule has 3 nitrogen and oxygen atoms in total.